The number of pyridine rings is 1. The molecule has 1 aromatic heterocycles. The Balaban J connectivity index is 2.83. The van der Waals surface area contributed by atoms with E-state index in [2.05, 4.69) is 5.32 Å². The molecule has 0 bridgehead atoms. The Morgan fingerprint density at radius 1 is 1.43 bits per heavy atom. The van der Waals surface area contributed by atoms with Gasteiger partial charge in [-0.05, 0) is 6.07 Å². The molecule has 0 saturated heterocycles. The molecule has 1 heterocycles. The van der Waals surface area contributed by atoms with Crippen molar-refractivity contribution in [3.63, 3.8) is 0 Å². The van der Waals surface area contributed by atoms with Crippen LogP contribution >= 0.6 is 0 Å². The molecule has 14 heavy (non-hydrogen) atoms. The monoisotopic (exact) mass is 194 g/mol. The lowest BCUT2D eigenvalue weighted by molar-refractivity contribution is -0.118. The number of aromatic nitrogens is 1. The summed E-state index contributed by atoms with van der Waals surface area (Å²) in [4.78, 5) is 22.4. The van der Waals surface area contributed by atoms with E-state index >= 15 is 0 Å². The van der Waals surface area contributed by atoms with E-state index in [1.807, 2.05) is 13.8 Å². The van der Waals surface area contributed by atoms with Crippen LogP contribution in [0.3, 0.4) is 0 Å². The van der Waals surface area contributed by atoms with Gasteiger partial charge in [0, 0.05) is 25.2 Å². The van der Waals surface area contributed by atoms with Gasteiger partial charge in [-0.2, -0.15) is 0 Å². The Morgan fingerprint density at radius 3 is 2.57 bits per heavy atom. The number of nitrogens with one attached hydrogen (secondary N) is 1. The number of carbonyl (C=O) groups is 1. The second kappa shape index (κ2) is 4.09. The summed E-state index contributed by atoms with van der Waals surface area (Å²) in [7, 11) is 1.65. The molecule has 4 heteroatoms. The largest absolute Gasteiger partial charge is 0.325 e. The second-order valence-corrected chi connectivity index (χ2v) is 3.51. The Kier molecular flexibility index (Phi) is 3.06. The maximum atomic E-state index is 11.3. The van der Waals surface area contributed by atoms with Gasteiger partial charge in [0.2, 0.25) is 11.5 Å². The van der Waals surface area contributed by atoms with E-state index in [9.17, 15) is 9.59 Å². The van der Waals surface area contributed by atoms with Gasteiger partial charge in [-0.3, -0.25) is 9.59 Å². The van der Waals surface area contributed by atoms with Crippen LogP contribution in [0.4, 0.5) is 5.69 Å². The van der Waals surface area contributed by atoms with E-state index in [1.165, 1.54) is 10.6 Å². The Labute approximate surface area is 82.6 Å². The maximum absolute atomic E-state index is 11.3. The molecule has 0 spiro atoms. The first-order valence-electron chi connectivity index (χ1n) is 4.48. The summed E-state index contributed by atoms with van der Waals surface area (Å²) in [5.74, 6) is -0.115. The van der Waals surface area contributed by atoms with Gasteiger partial charge in [0.1, 0.15) is 0 Å². The molecular weight excluding hydrogens is 180 g/mol. The van der Waals surface area contributed by atoms with Crippen LogP contribution in [0, 0.1) is 5.92 Å². The van der Waals surface area contributed by atoms with Gasteiger partial charge in [0.05, 0.1) is 5.69 Å². The van der Waals surface area contributed by atoms with Crippen LogP contribution in [0.5, 0.6) is 0 Å². The minimum absolute atomic E-state index is 0.0522. The highest BCUT2D eigenvalue weighted by molar-refractivity contribution is 5.91. The van der Waals surface area contributed by atoms with Crippen molar-refractivity contribution in [3.05, 3.63) is 28.7 Å². The zero-order valence-electron chi connectivity index (χ0n) is 8.57. The third kappa shape index (κ3) is 2.45. The van der Waals surface area contributed by atoms with Crippen LogP contribution in [0.1, 0.15) is 13.8 Å². The molecular formula is C10H14N2O2. The Morgan fingerprint density at radius 2 is 2.07 bits per heavy atom. The van der Waals surface area contributed by atoms with Crippen LogP contribution in [-0.2, 0) is 11.8 Å². The van der Waals surface area contributed by atoms with Gasteiger partial charge in [-0.25, -0.2) is 0 Å². The van der Waals surface area contributed by atoms with Crippen LogP contribution < -0.4 is 10.9 Å². The molecule has 1 amide bonds. The van der Waals surface area contributed by atoms with E-state index in [-0.39, 0.29) is 17.4 Å². The van der Waals surface area contributed by atoms with Crippen LogP contribution in [-0.4, -0.2) is 10.5 Å². The number of amides is 1. The molecule has 4 nitrogen and oxygen atoms in total. The van der Waals surface area contributed by atoms with Gasteiger partial charge >= 0.3 is 0 Å². The topological polar surface area (TPSA) is 51.1 Å². The van der Waals surface area contributed by atoms with Gasteiger partial charge in [0.25, 0.3) is 0 Å². The van der Waals surface area contributed by atoms with Gasteiger partial charge in [-0.15, -0.1) is 0 Å². The number of nitrogens with zero attached hydrogens (tertiary/aromatic N) is 1. The molecule has 0 aromatic carbocycles. The first-order chi connectivity index (χ1) is 6.50. The summed E-state index contributed by atoms with van der Waals surface area (Å²) in [6.45, 7) is 3.63. The van der Waals surface area contributed by atoms with Crippen molar-refractivity contribution in [3.8, 4) is 0 Å². The van der Waals surface area contributed by atoms with Crippen LogP contribution in [0.2, 0.25) is 0 Å². The molecule has 0 aliphatic heterocycles. The highest BCUT2D eigenvalue weighted by Gasteiger charge is 2.06. The number of hydrogen-bond donors (Lipinski definition) is 1. The molecule has 0 radical (unpaired) electrons. The van der Waals surface area contributed by atoms with E-state index < -0.39 is 0 Å². The Hall–Kier alpha value is -1.58. The summed E-state index contributed by atoms with van der Waals surface area (Å²) in [5.41, 5.74) is 0.554. The third-order valence-corrected chi connectivity index (χ3v) is 1.88. The van der Waals surface area contributed by atoms with Crippen molar-refractivity contribution in [2.24, 2.45) is 13.0 Å². The zero-order valence-corrected chi connectivity index (χ0v) is 8.57. The molecule has 1 aromatic rings. The number of carbonyl (C=O) groups excluding carboxylic acids is 1. The minimum atomic E-state index is -0.0902. The predicted octanol–water partition coefficient (Wildman–Crippen LogP) is 0.980. The first kappa shape index (κ1) is 10.5. The zero-order chi connectivity index (χ0) is 10.7. The lowest BCUT2D eigenvalue weighted by atomic mass is 10.2. The summed E-state index contributed by atoms with van der Waals surface area (Å²) in [5, 5.41) is 2.71. The molecule has 76 valence electrons. The molecule has 0 fully saturated rings. The van der Waals surface area contributed by atoms with Gasteiger partial charge < -0.3 is 9.88 Å². The standard InChI is InChI=1S/C10H14N2O2/c1-7(2)10(14)11-8-4-5-9(13)12(3)6-8/h4-7H,1-3H3,(H,11,14). The van der Waals surface area contributed by atoms with E-state index in [0.29, 0.717) is 5.69 Å². The minimum Gasteiger partial charge on any atom is -0.325 e. The van der Waals surface area contributed by atoms with Crippen molar-refractivity contribution >= 4 is 11.6 Å². The number of hydrogen-bond acceptors (Lipinski definition) is 2. The summed E-state index contributed by atoms with van der Waals surface area (Å²) < 4.78 is 1.43. The molecule has 1 N–H and O–H groups in total. The highest BCUT2D eigenvalue weighted by atomic mass is 16.2. The number of rotatable bonds is 2. The highest BCUT2D eigenvalue weighted by Crippen LogP contribution is 2.04. The van der Waals surface area contributed by atoms with Crippen LogP contribution in [0.25, 0.3) is 0 Å². The van der Waals surface area contributed by atoms with Gasteiger partial charge in [-0.1, -0.05) is 13.8 Å². The number of anilines is 1. The van der Waals surface area contributed by atoms with Gasteiger partial charge in [0.15, 0.2) is 0 Å². The van der Waals surface area contributed by atoms with Crippen molar-refractivity contribution in [1.82, 2.24) is 4.57 Å². The fourth-order valence-electron chi connectivity index (χ4n) is 0.954. The van der Waals surface area contributed by atoms with Crippen LogP contribution in [0.15, 0.2) is 23.1 Å². The summed E-state index contributed by atoms with van der Waals surface area (Å²) in [6, 6.07) is 3.03. The average Bonchev–Trinajstić information content (AvgIpc) is 2.11. The smallest absolute Gasteiger partial charge is 0.250 e. The molecule has 0 saturated carbocycles. The maximum Gasteiger partial charge on any atom is 0.250 e. The number of aryl methyl sites for hydroxylation is 1. The fraction of sp³-hybridized carbons (Fsp3) is 0.400. The molecule has 0 atom stereocenters. The van der Waals surface area contributed by atoms with Crippen molar-refractivity contribution in [2.45, 2.75) is 13.8 Å². The summed E-state index contributed by atoms with van der Waals surface area (Å²) >= 11 is 0. The summed E-state index contributed by atoms with van der Waals surface area (Å²) in [6.07, 6.45) is 1.60. The molecule has 1 rings (SSSR count). The normalized spacial score (nSPS) is 10.3. The predicted molar refractivity (Wildman–Crippen MR) is 55.2 cm³/mol. The van der Waals surface area contributed by atoms with Crippen molar-refractivity contribution in [2.75, 3.05) is 5.32 Å². The molecule has 0 aliphatic carbocycles. The first-order valence-corrected chi connectivity index (χ1v) is 4.48. The average molecular weight is 194 g/mol. The lowest BCUT2D eigenvalue weighted by Gasteiger charge is -2.08. The quantitative estimate of drug-likeness (QED) is 0.763. The fourth-order valence-corrected chi connectivity index (χ4v) is 0.954. The van der Waals surface area contributed by atoms with E-state index in [4.69, 9.17) is 0 Å². The molecule has 0 aliphatic rings. The SMILES string of the molecule is CC(C)C(=O)Nc1ccc(=O)n(C)c1. The third-order valence-electron chi connectivity index (χ3n) is 1.88. The van der Waals surface area contributed by atoms with Crippen molar-refractivity contribution in [1.29, 1.82) is 0 Å². The lowest BCUT2D eigenvalue weighted by Crippen LogP contribution is -2.20. The second-order valence-electron chi connectivity index (χ2n) is 3.51. The Bertz CT molecular complexity index is 393. The van der Waals surface area contributed by atoms with Crippen molar-refractivity contribution < 1.29 is 4.79 Å². The van der Waals surface area contributed by atoms with E-state index in [1.54, 1.807) is 19.3 Å². The molecule has 0 unspecified atom stereocenters. The van der Waals surface area contributed by atoms with E-state index in [0.717, 1.165) is 0 Å².